The fraction of sp³-hybridized carbons (Fsp3) is 0.926. The van der Waals surface area contributed by atoms with E-state index in [1.807, 2.05) is 4.90 Å². The number of carbonyl (C=O) groups is 2. The standard InChI is InChI=1S/C27H55N3O2/c1-4-7-10-11-12-13-14-15-16-17-24-30(27(32)20-19-26(28)31)25-18-23-29(21-8-5-2)22-9-6-3/h4-25H2,1-3H3,(H2,28,31). The van der Waals surface area contributed by atoms with Gasteiger partial charge in [-0.1, -0.05) is 91.4 Å². The van der Waals surface area contributed by atoms with Gasteiger partial charge in [-0.15, -0.1) is 0 Å². The summed E-state index contributed by atoms with van der Waals surface area (Å²) in [5.74, 6) is -0.295. The minimum absolute atomic E-state index is 0.0911. The molecule has 0 atom stereocenters. The zero-order valence-electron chi connectivity index (χ0n) is 21.8. The molecule has 0 rings (SSSR count). The van der Waals surface area contributed by atoms with E-state index in [4.69, 9.17) is 5.73 Å². The lowest BCUT2D eigenvalue weighted by Gasteiger charge is -2.26. The van der Waals surface area contributed by atoms with Crippen LogP contribution in [0.25, 0.3) is 0 Å². The van der Waals surface area contributed by atoms with Gasteiger partial charge in [-0.2, -0.15) is 0 Å². The van der Waals surface area contributed by atoms with Crippen LogP contribution in [0, 0.1) is 0 Å². The van der Waals surface area contributed by atoms with Crippen molar-refractivity contribution < 1.29 is 9.59 Å². The van der Waals surface area contributed by atoms with Crippen LogP contribution in [-0.4, -0.2) is 54.3 Å². The molecule has 0 aliphatic carbocycles. The maximum atomic E-state index is 12.7. The van der Waals surface area contributed by atoms with Crippen molar-refractivity contribution in [2.24, 2.45) is 5.73 Å². The van der Waals surface area contributed by atoms with E-state index in [0.29, 0.717) is 0 Å². The van der Waals surface area contributed by atoms with E-state index in [1.165, 1.54) is 83.5 Å². The van der Waals surface area contributed by atoms with Crippen molar-refractivity contribution in [3.05, 3.63) is 0 Å². The summed E-state index contributed by atoms with van der Waals surface area (Å²) < 4.78 is 0. The van der Waals surface area contributed by atoms with Crippen LogP contribution in [0.15, 0.2) is 0 Å². The Labute approximate surface area is 199 Å². The summed E-state index contributed by atoms with van der Waals surface area (Å²) in [6, 6.07) is 0. The lowest BCUT2D eigenvalue weighted by Crippen LogP contribution is -2.36. The van der Waals surface area contributed by atoms with Crippen molar-refractivity contribution in [1.29, 1.82) is 0 Å². The van der Waals surface area contributed by atoms with Gasteiger partial charge in [0.25, 0.3) is 0 Å². The topological polar surface area (TPSA) is 66.6 Å². The summed E-state index contributed by atoms with van der Waals surface area (Å²) >= 11 is 0. The van der Waals surface area contributed by atoms with Gasteiger partial charge >= 0.3 is 0 Å². The average molecular weight is 454 g/mol. The molecule has 0 aliphatic heterocycles. The molecule has 0 fully saturated rings. The van der Waals surface area contributed by atoms with E-state index in [2.05, 4.69) is 25.7 Å². The van der Waals surface area contributed by atoms with Crippen molar-refractivity contribution in [1.82, 2.24) is 9.80 Å². The number of hydrogen-bond donors (Lipinski definition) is 1. The molecule has 0 heterocycles. The second kappa shape index (κ2) is 23.1. The highest BCUT2D eigenvalue weighted by atomic mass is 16.2. The fourth-order valence-electron chi connectivity index (χ4n) is 4.12. The summed E-state index contributed by atoms with van der Waals surface area (Å²) in [5, 5.41) is 0. The number of carbonyl (C=O) groups excluding carboxylic acids is 2. The van der Waals surface area contributed by atoms with E-state index < -0.39 is 0 Å². The van der Waals surface area contributed by atoms with Gasteiger partial charge in [0.2, 0.25) is 11.8 Å². The van der Waals surface area contributed by atoms with Crippen molar-refractivity contribution in [3.8, 4) is 0 Å². The summed E-state index contributed by atoms with van der Waals surface area (Å²) in [6.07, 6.45) is 19.3. The molecule has 0 aromatic rings. The summed E-state index contributed by atoms with van der Waals surface area (Å²) in [7, 11) is 0. The lowest BCUT2D eigenvalue weighted by molar-refractivity contribution is -0.133. The van der Waals surface area contributed by atoms with Crippen molar-refractivity contribution in [2.45, 2.75) is 130 Å². The Hall–Kier alpha value is -1.10. The quantitative estimate of drug-likeness (QED) is 0.175. The number of nitrogens with two attached hydrogens (primary N) is 1. The fourth-order valence-corrected chi connectivity index (χ4v) is 4.12. The second-order valence-electron chi connectivity index (χ2n) is 9.43. The molecule has 2 amide bonds. The number of amides is 2. The van der Waals surface area contributed by atoms with Gasteiger partial charge in [-0.05, 0) is 45.3 Å². The number of unbranched alkanes of at least 4 members (excludes halogenated alkanes) is 11. The Bertz CT molecular complexity index is 435. The van der Waals surface area contributed by atoms with Gasteiger partial charge in [0, 0.05) is 25.9 Å². The van der Waals surface area contributed by atoms with Gasteiger partial charge in [-0.25, -0.2) is 0 Å². The van der Waals surface area contributed by atoms with E-state index >= 15 is 0 Å². The molecule has 190 valence electrons. The van der Waals surface area contributed by atoms with E-state index in [-0.39, 0.29) is 24.7 Å². The molecule has 5 nitrogen and oxygen atoms in total. The first kappa shape index (κ1) is 30.9. The monoisotopic (exact) mass is 453 g/mol. The maximum absolute atomic E-state index is 12.7. The normalized spacial score (nSPS) is 11.2. The van der Waals surface area contributed by atoms with Crippen molar-refractivity contribution in [2.75, 3.05) is 32.7 Å². The third-order valence-electron chi connectivity index (χ3n) is 6.28. The Morgan fingerprint density at radius 1 is 0.531 bits per heavy atom. The van der Waals surface area contributed by atoms with Crippen LogP contribution in [0.4, 0.5) is 0 Å². The number of hydrogen-bond acceptors (Lipinski definition) is 3. The summed E-state index contributed by atoms with van der Waals surface area (Å²) in [4.78, 5) is 28.3. The van der Waals surface area contributed by atoms with Crippen LogP contribution in [0.5, 0.6) is 0 Å². The van der Waals surface area contributed by atoms with Gasteiger partial charge < -0.3 is 15.5 Å². The Morgan fingerprint density at radius 3 is 1.47 bits per heavy atom. The van der Waals surface area contributed by atoms with Crippen LogP contribution >= 0.6 is 0 Å². The number of rotatable bonds is 24. The molecule has 0 aromatic heterocycles. The Kier molecular flexibility index (Phi) is 22.3. The first-order chi connectivity index (χ1) is 15.5. The lowest BCUT2D eigenvalue weighted by atomic mass is 10.1. The minimum Gasteiger partial charge on any atom is -0.370 e. The highest BCUT2D eigenvalue weighted by molar-refractivity contribution is 5.82. The van der Waals surface area contributed by atoms with Gasteiger partial charge in [0.1, 0.15) is 0 Å². The van der Waals surface area contributed by atoms with Crippen LogP contribution in [0.1, 0.15) is 130 Å². The molecule has 0 saturated carbocycles. The highest BCUT2D eigenvalue weighted by Crippen LogP contribution is 2.12. The first-order valence-corrected chi connectivity index (χ1v) is 13.8. The third-order valence-corrected chi connectivity index (χ3v) is 6.28. The Morgan fingerprint density at radius 2 is 0.969 bits per heavy atom. The predicted molar refractivity (Wildman–Crippen MR) is 138 cm³/mol. The average Bonchev–Trinajstić information content (AvgIpc) is 2.78. The van der Waals surface area contributed by atoms with Crippen LogP contribution in [0.3, 0.4) is 0 Å². The molecule has 0 spiro atoms. The molecule has 32 heavy (non-hydrogen) atoms. The van der Waals surface area contributed by atoms with Crippen LogP contribution < -0.4 is 5.73 Å². The number of nitrogens with zero attached hydrogens (tertiary/aromatic N) is 2. The molecule has 0 radical (unpaired) electrons. The van der Waals surface area contributed by atoms with E-state index in [1.54, 1.807) is 0 Å². The molecular formula is C27H55N3O2. The van der Waals surface area contributed by atoms with Gasteiger partial charge in [-0.3, -0.25) is 9.59 Å². The van der Waals surface area contributed by atoms with Crippen LogP contribution in [-0.2, 0) is 9.59 Å². The number of primary amides is 1. The van der Waals surface area contributed by atoms with E-state index in [9.17, 15) is 9.59 Å². The zero-order valence-corrected chi connectivity index (χ0v) is 21.8. The summed E-state index contributed by atoms with van der Waals surface area (Å²) in [6.45, 7) is 11.7. The molecule has 0 aliphatic rings. The van der Waals surface area contributed by atoms with Crippen molar-refractivity contribution >= 4 is 11.8 Å². The maximum Gasteiger partial charge on any atom is 0.223 e. The molecule has 0 aromatic carbocycles. The Balaban J connectivity index is 4.28. The molecule has 0 bridgehead atoms. The highest BCUT2D eigenvalue weighted by Gasteiger charge is 2.14. The van der Waals surface area contributed by atoms with Crippen LogP contribution in [0.2, 0.25) is 0 Å². The zero-order chi connectivity index (χ0) is 23.9. The summed E-state index contributed by atoms with van der Waals surface area (Å²) in [5.41, 5.74) is 5.26. The van der Waals surface area contributed by atoms with Crippen molar-refractivity contribution in [3.63, 3.8) is 0 Å². The molecule has 0 unspecified atom stereocenters. The molecule has 2 N–H and O–H groups in total. The first-order valence-electron chi connectivity index (χ1n) is 13.8. The predicted octanol–water partition coefficient (Wildman–Crippen LogP) is 6.29. The molecule has 5 heteroatoms. The molecule has 0 saturated heterocycles. The minimum atomic E-state index is -0.387. The van der Waals surface area contributed by atoms with Gasteiger partial charge in [0.05, 0.1) is 0 Å². The smallest absolute Gasteiger partial charge is 0.223 e. The SMILES string of the molecule is CCCCCCCCCCCCN(CCCN(CCCC)CCCC)C(=O)CCC(N)=O. The molecular weight excluding hydrogens is 398 g/mol. The third kappa shape index (κ3) is 19.6. The second-order valence-corrected chi connectivity index (χ2v) is 9.43. The van der Waals surface area contributed by atoms with E-state index in [0.717, 1.165) is 45.6 Å². The largest absolute Gasteiger partial charge is 0.370 e. The van der Waals surface area contributed by atoms with Gasteiger partial charge in [0.15, 0.2) is 0 Å².